The highest BCUT2D eigenvalue weighted by atomic mass is 14.6. The molecule has 2 aliphatic carbocycles. The molecule has 45 heavy (non-hydrogen) atoms. The molecule has 2 aliphatic rings. The van der Waals surface area contributed by atoms with Gasteiger partial charge in [0.15, 0.2) is 0 Å². The quantitative estimate of drug-likeness (QED) is 0.212. The fourth-order valence-corrected chi connectivity index (χ4v) is 7.64. The number of aromatic nitrogens is 1. The standard InChI is InChI=1S/C43H26N2/c44-25-28-22-34(27-45-26-28)31-16-14-30(15-17-31)33-19-21-38-37-20-18-32(29-8-2-1-3-9-29)23-41(37)43(42(38)24-33)39-12-6-4-10-35(39)36-11-5-7-13-40(36)43/h1-24,26-27H. The molecular formula is C43H26N2. The third kappa shape index (κ3) is 3.65. The molecule has 208 valence electrons. The van der Waals surface area contributed by atoms with E-state index >= 15 is 0 Å². The Balaban J connectivity index is 1.26. The van der Waals surface area contributed by atoms with Crippen molar-refractivity contribution in [2.45, 2.75) is 5.41 Å². The smallest absolute Gasteiger partial charge is 0.101 e. The lowest BCUT2D eigenvalue weighted by molar-refractivity contribution is 0.794. The van der Waals surface area contributed by atoms with Crippen LogP contribution in [-0.4, -0.2) is 4.98 Å². The first-order valence-corrected chi connectivity index (χ1v) is 15.3. The van der Waals surface area contributed by atoms with Crippen LogP contribution in [-0.2, 0) is 5.41 Å². The Morgan fingerprint density at radius 1 is 0.400 bits per heavy atom. The summed E-state index contributed by atoms with van der Waals surface area (Å²) in [5.74, 6) is 0. The van der Waals surface area contributed by atoms with Crippen LogP contribution in [0.5, 0.6) is 0 Å². The summed E-state index contributed by atoms with van der Waals surface area (Å²) in [5, 5.41) is 9.34. The van der Waals surface area contributed by atoms with Gasteiger partial charge in [-0.3, -0.25) is 4.98 Å². The van der Waals surface area contributed by atoms with E-state index < -0.39 is 5.41 Å². The third-order valence-electron chi connectivity index (χ3n) is 9.62. The van der Waals surface area contributed by atoms with Gasteiger partial charge in [0.25, 0.3) is 0 Å². The molecular weight excluding hydrogens is 544 g/mol. The van der Waals surface area contributed by atoms with Crippen LogP contribution in [0.1, 0.15) is 27.8 Å². The van der Waals surface area contributed by atoms with Gasteiger partial charge in [-0.15, -0.1) is 0 Å². The topological polar surface area (TPSA) is 36.7 Å². The predicted octanol–water partition coefficient (Wildman–Crippen LogP) is 10.3. The first kappa shape index (κ1) is 25.5. The van der Waals surface area contributed by atoms with Crippen LogP contribution in [0.3, 0.4) is 0 Å². The Morgan fingerprint density at radius 3 is 1.44 bits per heavy atom. The number of rotatable bonds is 3. The molecule has 1 spiro atoms. The molecule has 0 saturated carbocycles. The first-order valence-electron chi connectivity index (χ1n) is 15.3. The van der Waals surface area contributed by atoms with E-state index in [2.05, 4.69) is 151 Å². The zero-order chi connectivity index (χ0) is 30.0. The van der Waals surface area contributed by atoms with Gasteiger partial charge in [-0.1, -0.05) is 127 Å². The van der Waals surface area contributed by atoms with Crippen molar-refractivity contribution in [3.8, 4) is 61.7 Å². The van der Waals surface area contributed by atoms with E-state index in [1.807, 2.05) is 12.3 Å². The van der Waals surface area contributed by atoms with E-state index in [-0.39, 0.29) is 0 Å². The van der Waals surface area contributed by atoms with E-state index in [4.69, 9.17) is 0 Å². The molecule has 6 aromatic carbocycles. The lowest BCUT2D eigenvalue weighted by atomic mass is 9.70. The summed E-state index contributed by atoms with van der Waals surface area (Å²) in [6.45, 7) is 0. The molecule has 7 aromatic rings. The summed E-state index contributed by atoms with van der Waals surface area (Å²) in [7, 11) is 0. The number of hydrogen-bond acceptors (Lipinski definition) is 2. The molecule has 0 saturated heterocycles. The van der Waals surface area contributed by atoms with Gasteiger partial charge < -0.3 is 0 Å². The molecule has 0 bridgehead atoms. The van der Waals surface area contributed by atoms with Crippen molar-refractivity contribution in [3.63, 3.8) is 0 Å². The minimum atomic E-state index is -0.415. The third-order valence-corrected chi connectivity index (χ3v) is 9.62. The van der Waals surface area contributed by atoms with Gasteiger partial charge in [-0.25, -0.2) is 0 Å². The number of nitrogens with zero attached hydrogens (tertiary/aromatic N) is 2. The van der Waals surface area contributed by atoms with E-state index in [9.17, 15) is 5.26 Å². The van der Waals surface area contributed by atoms with Crippen molar-refractivity contribution in [1.29, 1.82) is 5.26 Å². The van der Waals surface area contributed by atoms with Gasteiger partial charge in [0.1, 0.15) is 6.07 Å². The Hall–Kier alpha value is -6.04. The second kappa shape index (κ2) is 9.74. The summed E-state index contributed by atoms with van der Waals surface area (Å²) in [4.78, 5) is 4.25. The summed E-state index contributed by atoms with van der Waals surface area (Å²) in [6, 6.07) is 55.3. The molecule has 9 rings (SSSR count). The second-order valence-corrected chi connectivity index (χ2v) is 11.9. The largest absolute Gasteiger partial charge is 0.263 e. The first-order chi connectivity index (χ1) is 22.3. The van der Waals surface area contributed by atoms with Gasteiger partial charge >= 0.3 is 0 Å². The molecule has 0 atom stereocenters. The molecule has 1 aromatic heterocycles. The van der Waals surface area contributed by atoms with Crippen molar-refractivity contribution >= 4 is 0 Å². The number of pyridine rings is 1. The zero-order valence-corrected chi connectivity index (χ0v) is 24.4. The molecule has 0 radical (unpaired) electrons. The molecule has 0 unspecified atom stereocenters. The Kier molecular flexibility index (Phi) is 5.51. The second-order valence-electron chi connectivity index (χ2n) is 11.9. The molecule has 0 amide bonds. The molecule has 0 aliphatic heterocycles. The summed E-state index contributed by atoms with van der Waals surface area (Å²) in [5.41, 5.74) is 17.5. The molecule has 0 N–H and O–H groups in total. The lowest BCUT2D eigenvalue weighted by Crippen LogP contribution is -2.26. The molecule has 0 fully saturated rings. The summed E-state index contributed by atoms with van der Waals surface area (Å²) >= 11 is 0. The van der Waals surface area contributed by atoms with Crippen LogP contribution in [0.2, 0.25) is 0 Å². The highest BCUT2D eigenvalue weighted by molar-refractivity contribution is 5.96. The van der Waals surface area contributed by atoms with Gasteiger partial charge in [-0.2, -0.15) is 5.26 Å². The predicted molar refractivity (Wildman–Crippen MR) is 182 cm³/mol. The van der Waals surface area contributed by atoms with E-state index in [1.165, 1.54) is 61.2 Å². The average molecular weight is 571 g/mol. The van der Waals surface area contributed by atoms with Crippen molar-refractivity contribution < 1.29 is 0 Å². The van der Waals surface area contributed by atoms with Crippen LogP contribution in [0.25, 0.3) is 55.6 Å². The van der Waals surface area contributed by atoms with Crippen LogP contribution >= 0.6 is 0 Å². The highest BCUT2D eigenvalue weighted by Crippen LogP contribution is 2.63. The zero-order valence-electron chi connectivity index (χ0n) is 24.4. The number of nitriles is 1. The Bertz CT molecular complexity index is 2280. The van der Waals surface area contributed by atoms with Gasteiger partial charge in [0.2, 0.25) is 0 Å². The maximum atomic E-state index is 9.34. The minimum Gasteiger partial charge on any atom is -0.263 e. The monoisotopic (exact) mass is 570 g/mol. The molecule has 1 heterocycles. The Labute approximate surface area is 262 Å². The summed E-state index contributed by atoms with van der Waals surface area (Å²) < 4.78 is 0. The van der Waals surface area contributed by atoms with Crippen molar-refractivity contribution in [1.82, 2.24) is 4.98 Å². The van der Waals surface area contributed by atoms with Crippen molar-refractivity contribution in [3.05, 3.63) is 186 Å². The molecule has 2 heteroatoms. The van der Waals surface area contributed by atoms with Crippen molar-refractivity contribution in [2.75, 3.05) is 0 Å². The SMILES string of the molecule is N#Cc1cncc(-c2ccc(-c3ccc4c(c3)C3(c5ccccc5-c5ccccc53)c3cc(-c5ccccc5)ccc3-4)cc2)c1. The highest BCUT2D eigenvalue weighted by Gasteiger charge is 2.51. The van der Waals surface area contributed by atoms with Gasteiger partial charge in [0.05, 0.1) is 11.0 Å². The Morgan fingerprint density at radius 2 is 0.867 bits per heavy atom. The van der Waals surface area contributed by atoms with Gasteiger partial charge in [-0.05, 0) is 90.5 Å². The van der Waals surface area contributed by atoms with Gasteiger partial charge in [0, 0.05) is 18.0 Å². The number of fused-ring (bicyclic) bond motifs is 10. The maximum absolute atomic E-state index is 9.34. The lowest BCUT2D eigenvalue weighted by Gasteiger charge is -2.31. The number of hydrogen-bond donors (Lipinski definition) is 0. The normalized spacial score (nSPS) is 13.0. The fraction of sp³-hybridized carbons (Fsp3) is 0.0233. The van der Waals surface area contributed by atoms with Crippen LogP contribution in [0.15, 0.2) is 158 Å². The van der Waals surface area contributed by atoms with E-state index in [0.717, 1.165) is 16.7 Å². The minimum absolute atomic E-state index is 0.415. The summed E-state index contributed by atoms with van der Waals surface area (Å²) in [6.07, 6.45) is 3.41. The maximum Gasteiger partial charge on any atom is 0.101 e. The number of benzene rings is 6. The van der Waals surface area contributed by atoms with E-state index in [1.54, 1.807) is 6.20 Å². The van der Waals surface area contributed by atoms with Crippen LogP contribution in [0.4, 0.5) is 0 Å². The van der Waals surface area contributed by atoms with E-state index in [0.29, 0.717) is 5.56 Å². The average Bonchev–Trinajstić information content (AvgIpc) is 3.59. The van der Waals surface area contributed by atoms with Crippen LogP contribution < -0.4 is 0 Å². The fourth-order valence-electron chi connectivity index (χ4n) is 7.64. The van der Waals surface area contributed by atoms with Crippen molar-refractivity contribution in [2.24, 2.45) is 0 Å². The molecule has 2 nitrogen and oxygen atoms in total. The van der Waals surface area contributed by atoms with Crippen LogP contribution in [0, 0.1) is 11.3 Å².